The Kier molecular flexibility index (Phi) is 4.29. The summed E-state index contributed by atoms with van der Waals surface area (Å²) in [7, 11) is 0. The van der Waals surface area contributed by atoms with Crippen LogP contribution in [0.2, 0.25) is 0 Å². The van der Waals surface area contributed by atoms with Crippen molar-refractivity contribution in [2.75, 3.05) is 0 Å². The van der Waals surface area contributed by atoms with Crippen LogP contribution in [0.3, 0.4) is 0 Å². The van der Waals surface area contributed by atoms with E-state index in [0.717, 1.165) is 18.8 Å². The van der Waals surface area contributed by atoms with Gasteiger partial charge < -0.3 is 14.9 Å². The van der Waals surface area contributed by atoms with Gasteiger partial charge in [-0.05, 0) is 13.3 Å². The molecule has 0 atom stereocenters. The lowest BCUT2D eigenvalue weighted by molar-refractivity contribution is 0.0947. The summed E-state index contributed by atoms with van der Waals surface area (Å²) in [6.45, 7) is 4.85. The van der Waals surface area contributed by atoms with Crippen molar-refractivity contribution in [2.45, 2.75) is 33.4 Å². The number of hydrogen-bond donors (Lipinski definition) is 2. The van der Waals surface area contributed by atoms with Crippen LogP contribution in [0.4, 0.5) is 0 Å². The molecule has 0 fully saturated rings. The first-order valence-electron chi connectivity index (χ1n) is 6.46. The van der Waals surface area contributed by atoms with Crippen molar-refractivity contribution in [1.82, 2.24) is 24.8 Å². The third-order valence-electron chi connectivity index (χ3n) is 2.84. The number of rotatable bonds is 5. The lowest BCUT2D eigenvalue weighted by atomic mass is 10.3. The van der Waals surface area contributed by atoms with Gasteiger partial charge in [0.15, 0.2) is 0 Å². The van der Waals surface area contributed by atoms with E-state index in [0.29, 0.717) is 5.82 Å². The lowest BCUT2D eigenvalue weighted by Gasteiger charge is -2.07. The zero-order valence-corrected chi connectivity index (χ0v) is 11.5. The molecule has 0 aliphatic rings. The molecule has 7 nitrogen and oxygen atoms in total. The van der Waals surface area contributed by atoms with Gasteiger partial charge in [0, 0.05) is 25.1 Å². The van der Waals surface area contributed by atoms with Gasteiger partial charge in [0.05, 0.1) is 6.54 Å². The normalized spacial score (nSPS) is 10.5. The van der Waals surface area contributed by atoms with Crippen molar-refractivity contribution in [2.24, 2.45) is 0 Å². The third kappa shape index (κ3) is 3.11. The first-order valence-corrected chi connectivity index (χ1v) is 6.46. The lowest BCUT2D eigenvalue weighted by Crippen LogP contribution is -2.30. The van der Waals surface area contributed by atoms with Crippen molar-refractivity contribution in [1.29, 1.82) is 0 Å². The minimum Gasteiger partial charge on any atom is -0.345 e. The van der Waals surface area contributed by atoms with E-state index in [1.165, 1.54) is 6.20 Å². The Morgan fingerprint density at radius 2 is 2.25 bits per heavy atom. The fraction of sp³-hybridized carbons (Fsp3) is 0.385. The van der Waals surface area contributed by atoms with Crippen molar-refractivity contribution in [3.05, 3.63) is 46.2 Å². The monoisotopic (exact) mass is 275 g/mol. The average Bonchev–Trinajstić information content (AvgIpc) is 2.84. The summed E-state index contributed by atoms with van der Waals surface area (Å²) in [5, 5.41) is 2.68. The predicted molar refractivity (Wildman–Crippen MR) is 73.3 cm³/mol. The summed E-state index contributed by atoms with van der Waals surface area (Å²) in [6.07, 6.45) is 5.82. The summed E-state index contributed by atoms with van der Waals surface area (Å²) < 4.78 is 1.97. The highest BCUT2D eigenvalue weighted by Crippen LogP contribution is 1.99. The van der Waals surface area contributed by atoms with E-state index < -0.39 is 11.5 Å². The Balaban J connectivity index is 2.05. The average molecular weight is 275 g/mol. The van der Waals surface area contributed by atoms with Crippen LogP contribution in [0.15, 0.2) is 23.4 Å². The summed E-state index contributed by atoms with van der Waals surface area (Å²) in [6, 6.07) is 0. The van der Waals surface area contributed by atoms with Crippen molar-refractivity contribution < 1.29 is 4.79 Å². The maximum absolute atomic E-state index is 11.9. The zero-order chi connectivity index (χ0) is 14.5. The van der Waals surface area contributed by atoms with Crippen molar-refractivity contribution >= 4 is 5.91 Å². The molecule has 2 aromatic rings. The molecule has 0 spiro atoms. The minimum atomic E-state index is -0.454. The first kappa shape index (κ1) is 14.0. The number of aromatic amines is 1. The molecule has 106 valence electrons. The molecule has 20 heavy (non-hydrogen) atoms. The number of hydrogen-bond acceptors (Lipinski definition) is 4. The van der Waals surface area contributed by atoms with Crippen molar-refractivity contribution in [3.63, 3.8) is 0 Å². The number of amides is 1. The fourth-order valence-electron chi connectivity index (χ4n) is 1.85. The Labute approximate surface area is 116 Å². The van der Waals surface area contributed by atoms with Gasteiger partial charge in [-0.15, -0.1) is 0 Å². The van der Waals surface area contributed by atoms with Crippen LogP contribution in [-0.4, -0.2) is 25.4 Å². The number of aromatic nitrogens is 4. The number of aryl methyl sites for hydroxylation is 2. The van der Waals surface area contributed by atoms with Gasteiger partial charge in [-0.25, -0.2) is 9.97 Å². The molecular weight excluding hydrogens is 258 g/mol. The summed E-state index contributed by atoms with van der Waals surface area (Å²) in [5.41, 5.74) is -0.434. The topological polar surface area (TPSA) is 92.7 Å². The Morgan fingerprint density at radius 1 is 1.45 bits per heavy atom. The maximum atomic E-state index is 11.9. The quantitative estimate of drug-likeness (QED) is 0.836. The van der Waals surface area contributed by atoms with Gasteiger partial charge in [0.2, 0.25) is 0 Å². The number of carbonyl (C=O) groups excluding carboxylic acids is 1. The smallest absolute Gasteiger partial charge is 0.263 e. The molecule has 1 amide bonds. The van der Waals surface area contributed by atoms with E-state index in [4.69, 9.17) is 0 Å². The Hall–Kier alpha value is -2.44. The highest BCUT2D eigenvalue weighted by atomic mass is 16.2. The van der Waals surface area contributed by atoms with Crippen LogP contribution in [0.25, 0.3) is 0 Å². The second kappa shape index (κ2) is 6.14. The summed E-state index contributed by atoms with van der Waals surface area (Å²) in [4.78, 5) is 34.2. The second-order valence-electron chi connectivity index (χ2n) is 4.43. The molecule has 2 heterocycles. The molecule has 0 aliphatic carbocycles. The minimum absolute atomic E-state index is 0.00389. The number of imidazole rings is 1. The largest absolute Gasteiger partial charge is 0.345 e. The molecule has 2 N–H and O–H groups in total. The summed E-state index contributed by atoms with van der Waals surface area (Å²) in [5.74, 6) is 0.784. The highest BCUT2D eigenvalue weighted by molar-refractivity contribution is 5.93. The van der Waals surface area contributed by atoms with Crippen LogP contribution in [0.1, 0.15) is 35.4 Å². The molecule has 7 heteroatoms. The molecule has 2 aromatic heterocycles. The predicted octanol–water partition coefficient (Wildman–Crippen LogP) is 0.615. The van der Waals surface area contributed by atoms with Crippen LogP contribution in [0.5, 0.6) is 0 Å². The van der Waals surface area contributed by atoms with Crippen LogP contribution in [0, 0.1) is 6.92 Å². The number of carbonyl (C=O) groups is 1. The molecule has 0 unspecified atom stereocenters. The third-order valence-corrected chi connectivity index (χ3v) is 2.84. The van der Waals surface area contributed by atoms with E-state index in [1.807, 2.05) is 10.8 Å². The number of nitrogens with zero attached hydrogens (tertiary/aromatic N) is 3. The number of H-pyrrole nitrogens is 1. The standard InChI is InChI=1S/C13H17N5O2/c1-3-5-18-6-4-14-11(18)8-16-12(19)10-7-15-9(2)17-13(10)20/h4,6-7H,3,5,8H2,1-2H3,(H,16,19)(H,15,17,20). The number of nitrogens with one attached hydrogen (secondary N) is 2. The Bertz CT molecular complexity index is 659. The van der Waals surface area contributed by atoms with E-state index >= 15 is 0 Å². The highest BCUT2D eigenvalue weighted by Gasteiger charge is 2.12. The van der Waals surface area contributed by atoms with Crippen molar-refractivity contribution in [3.8, 4) is 0 Å². The maximum Gasteiger partial charge on any atom is 0.263 e. The first-order chi connectivity index (χ1) is 9.61. The molecule has 0 aliphatic heterocycles. The molecule has 0 bridgehead atoms. The molecule has 0 aromatic carbocycles. The molecular formula is C13H17N5O2. The van der Waals surface area contributed by atoms with E-state index in [1.54, 1.807) is 13.1 Å². The molecule has 0 radical (unpaired) electrons. The fourth-order valence-corrected chi connectivity index (χ4v) is 1.85. The second-order valence-corrected chi connectivity index (χ2v) is 4.43. The van der Waals surface area contributed by atoms with Gasteiger partial charge >= 0.3 is 0 Å². The van der Waals surface area contributed by atoms with Crippen LogP contribution < -0.4 is 10.9 Å². The SMILES string of the molecule is CCCn1ccnc1CNC(=O)c1cnc(C)[nH]c1=O. The van der Waals surface area contributed by atoms with Gasteiger partial charge in [-0.2, -0.15) is 0 Å². The zero-order valence-electron chi connectivity index (χ0n) is 11.5. The van der Waals surface area contributed by atoms with E-state index in [2.05, 4.69) is 27.2 Å². The molecule has 2 rings (SSSR count). The Morgan fingerprint density at radius 3 is 2.95 bits per heavy atom. The van der Waals surface area contributed by atoms with Crippen LogP contribution in [-0.2, 0) is 13.1 Å². The van der Waals surface area contributed by atoms with Gasteiger partial charge in [-0.1, -0.05) is 6.92 Å². The van der Waals surface area contributed by atoms with E-state index in [-0.39, 0.29) is 12.1 Å². The summed E-state index contributed by atoms with van der Waals surface area (Å²) >= 11 is 0. The van der Waals surface area contributed by atoms with Gasteiger partial charge in [0.25, 0.3) is 11.5 Å². The molecule has 0 saturated carbocycles. The van der Waals surface area contributed by atoms with Gasteiger partial charge in [-0.3, -0.25) is 9.59 Å². The molecule has 0 saturated heterocycles. The van der Waals surface area contributed by atoms with Crippen LogP contribution >= 0.6 is 0 Å². The van der Waals surface area contributed by atoms with Gasteiger partial charge in [0.1, 0.15) is 17.2 Å². The van der Waals surface area contributed by atoms with E-state index in [9.17, 15) is 9.59 Å².